The van der Waals surface area contributed by atoms with Crippen LogP contribution in [0, 0.1) is 6.92 Å². The summed E-state index contributed by atoms with van der Waals surface area (Å²) < 4.78 is 5.39. The molecule has 0 aliphatic rings. The SMILES string of the molecule is CC(=O)Nc1cc(Cl)nc(-c2ccc(C)o2)n1. The number of aryl methyl sites for hydroxylation is 1. The maximum atomic E-state index is 10.9. The summed E-state index contributed by atoms with van der Waals surface area (Å²) in [6.07, 6.45) is 0. The first-order valence-corrected chi connectivity index (χ1v) is 5.31. The monoisotopic (exact) mass is 251 g/mol. The second kappa shape index (κ2) is 4.55. The Morgan fingerprint density at radius 3 is 2.76 bits per heavy atom. The number of carbonyl (C=O) groups is 1. The smallest absolute Gasteiger partial charge is 0.222 e. The van der Waals surface area contributed by atoms with Gasteiger partial charge in [0.1, 0.15) is 16.7 Å². The van der Waals surface area contributed by atoms with Crippen LogP contribution in [0.2, 0.25) is 5.15 Å². The van der Waals surface area contributed by atoms with Crippen LogP contribution < -0.4 is 5.32 Å². The quantitative estimate of drug-likeness (QED) is 0.833. The van der Waals surface area contributed by atoms with E-state index >= 15 is 0 Å². The van der Waals surface area contributed by atoms with Gasteiger partial charge in [0.15, 0.2) is 11.6 Å². The van der Waals surface area contributed by atoms with E-state index in [0.29, 0.717) is 17.4 Å². The molecule has 88 valence electrons. The number of carbonyl (C=O) groups excluding carboxylic acids is 1. The van der Waals surface area contributed by atoms with Crippen LogP contribution in [0.4, 0.5) is 5.82 Å². The van der Waals surface area contributed by atoms with Gasteiger partial charge in [-0.3, -0.25) is 4.79 Å². The molecule has 2 rings (SSSR count). The van der Waals surface area contributed by atoms with Gasteiger partial charge in [0, 0.05) is 13.0 Å². The van der Waals surface area contributed by atoms with Gasteiger partial charge in [-0.15, -0.1) is 0 Å². The fourth-order valence-electron chi connectivity index (χ4n) is 1.33. The van der Waals surface area contributed by atoms with Gasteiger partial charge in [-0.2, -0.15) is 0 Å². The first-order valence-electron chi connectivity index (χ1n) is 4.93. The van der Waals surface area contributed by atoms with Crippen LogP contribution >= 0.6 is 11.6 Å². The zero-order chi connectivity index (χ0) is 12.4. The molecule has 0 aromatic carbocycles. The first-order chi connectivity index (χ1) is 8.04. The van der Waals surface area contributed by atoms with Gasteiger partial charge >= 0.3 is 0 Å². The molecule has 0 saturated heterocycles. The molecule has 0 aliphatic carbocycles. The van der Waals surface area contributed by atoms with Gasteiger partial charge < -0.3 is 9.73 Å². The summed E-state index contributed by atoms with van der Waals surface area (Å²) in [6, 6.07) is 5.03. The van der Waals surface area contributed by atoms with E-state index in [2.05, 4.69) is 15.3 Å². The lowest BCUT2D eigenvalue weighted by Gasteiger charge is -2.03. The van der Waals surface area contributed by atoms with Crippen molar-refractivity contribution in [2.75, 3.05) is 5.32 Å². The van der Waals surface area contributed by atoms with Crippen LogP contribution in [0.3, 0.4) is 0 Å². The predicted octanol–water partition coefficient (Wildman–Crippen LogP) is 2.66. The number of furan rings is 1. The Kier molecular flexibility index (Phi) is 3.10. The lowest BCUT2D eigenvalue weighted by Crippen LogP contribution is -2.08. The summed E-state index contributed by atoms with van der Waals surface area (Å²) >= 11 is 5.85. The Balaban J connectivity index is 2.41. The number of hydrogen-bond acceptors (Lipinski definition) is 4. The van der Waals surface area contributed by atoms with Crippen LogP contribution in [0.15, 0.2) is 22.6 Å². The second-order valence-corrected chi connectivity index (χ2v) is 3.88. The number of amides is 1. The molecule has 1 amide bonds. The average Bonchev–Trinajstić information content (AvgIpc) is 2.62. The number of halogens is 1. The lowest BCUT2D eigenvalue weighted by molar-refractivity contribution is -0.114. The summed E-state index contributed by atoms with van der Waals surface area (Å²) in [5, 5.41) is 2.79. The van der Waals surface area contributed by atoms with E-state index in [-0.39, 0.29) is 11.1 Å². The highest BCUT2D eigenvalue weighted by Gasteiger charge is 2.09. The Bertz CT molecular complexity index is 566. The van der Waals surface area contributed by atoms with E-state index in [0.717, 1.165) is 5.76 Å². The van der Waals surface area contributed by atoms with Crippen molar-refractivity contribution in [3.05, 3.63) is 29.1 Å². The topological polar surface area (TPSA) is 68.0 Å². The molecule has 0 saturated carbocycles. The fraction of sp³-hybridized carbons (Fsp3) is 0.182. The Morgan fingerprint density at radius 1 is 1.41 bits per heavy atom. The molecule has 1 N–H and O–H groups in total. The number of nitrogens with zero attached hydrogens (tertiary/aromatic N) is 2. The van der Waals surface area contributed by atoms with Gasteiger partial charge in [-0.05, 0) is 19.1 Å². The summed E-state index contributed by atoms with van der Waals surface area (Å²) in [5.41, 5.74) is 0. The van der Waals surface area contributed by atoms with Crippen molar-refractivity contribution in [1.29, 1.82) is 0 Å². The maximum absolute atomic E-state index is 10.9. The minimum absolute atomic E-state index is 0.221. The zero-order valence-corrected chi connectivity index (χ0v) is 10.1. The zero-order valence-electron chi connectivity index (χ0n) is 9.32. The van der Waals surface area contributed by atoms with Crippen LogP contribution in [0.1, 0.15) is 12.7 Å². The van der Waals surface area contributed by atoms with E-state index in [1.165, 1.54) is 13.0 Å². The van der Waals surface area contributed by atoms with Crippen molar-refractivity contribution in [2.45, 2.75) is 13.8 Å². The number of nitrogens with one attached hydrogen (secondary N) is 1. The van der Waals surface area contributed by atoms with E-state index < -0.39 is 0 Å². The average molecular weight is 252 g/mol. The summed E-state index contributed by atoms with van der Waals surface area (Å²) in [7, 11) is 0. The van der Waals surface area contributed by atoms with Crippen LogP contribution in [-0.2, 0) is 4.79 Å². The molecule has 17 heavy (non-hydrogen) atoms. The number of aromatic nitrogens is 2. The lowest BCUT2D eigenvalue weighted by atomic mass is 10.4. The van der Waals surface area contributed by atoms with E-state index in [9.17, 15) is 4.79 Å². The van der Waals surface area contributed by atoms with Gasteiger partial charge in [-0.1, -0.05) is 11.6 Å². The third-order valence-corrected chi connectivity index (χ3v) is 2.15. The van der Waals surface area contributed by atoms with Gasteiger partial charge in [0.2, 0.25) is 5.91 Å². The summed E-state index contributed by atoms with van der Waals surface area (Å²) in [4.78, 5) is 19.1. The minimum Gasteiger partial charge on any atom is -0.458 e. The van der Waals surface area contributed by atoms with Gasteiger partial charge in [0.05, 0.1) is 0 Å². The molecule has 0 radical (unpaired) electrons. The number of anilines is 1. The third-order valence-electron chi connectivity index (χ3n) is 1.96. The van der Waals surface area contributed by atoms with Gasteiger partial charge in [-0.25, -0.2) is 9.97 Å². The Labute approximate surface area is 103 Å². The standard InChI is InChI=1S/C11H10ClN3O2/c1-6-3-4-8(17-6)11-14-9(12)5-10(15-11)13-7(2)16/h3-5H,1-2H3,(H,13,14,15,16). The third kappa shape index (κ3) is 2.82. The van der Waals surface area contributed by atoms with Gasteiger partial charge in [0.25, 0.3) is 0 Å². The van der Waals surface area contributed by atoms with Crippen LogP contribution in [0.25, 0.3) is 11.6 Å². The maximum Gasteiger partial charge on any atom is 0.222 e. The molecule has 6 heteroatoms. The molecule has 2 aromatic heterocycles. The molecule has 0 aliphatic heterocycles. The van der Waals surface area contributed by atoms with Crippen molar-refractivity contribution in [3.8, 4) is 11.6 Å². The van der Waals surface area contributed by atoms with Crippen molar-refractivity contribution >= 4 is 23.3 Å². The largest absolute Gasteiger partial charge is 0.458 e. The molecule has 0 unspecified atom stereocenters. The minimum atomic E-state index is -0.221. The molecule has 2 aromatic rings. The molecule has 0 bridgehead atoms. The van der Waals surface area contributed by atoms with Crippen molar-refractivity contribution in [2.24, 2.45) is 0 Å². The highest BCUT2D eigenvalue weighted by Crippen LogP contribution is 2.22. The molecule has 2 heterocycles. The summed E-state index contributed by atoms with van der Waals surface area (Å²) in [6.45, 7) is 3.22. The Morgan fingerprint density at radius 2 is 2.18 bits per heavy atom. The molecule has 5 nitrogen and oxygen atoms in total. The molecular formula is C11H10ClN3O2. The molecule has 0 atom stereocenters. The normalized spacial score (nSPS) is 10.3. The van der Waals surface area contributed by atoms with Crippen molar-refractivity contribution in [3.63, 3.8) is 0 Å². The summed E-state index contributed by atoms with van der Waals surface area (Å²) in [5.74, 6) is 1.73. The fourth-order valence-corrected chi connectivity index (χ4v) is 1.51. The molecule has 0 spiro atoms. The number of rotatable bonds is 2. The molecule has 0 fully saturated rings. The second-order valence-electron chi connectivity index (χ2n) is 3.49. The van der Waals surface area contributed by atoms with E-state index in [1.807, 2.05) is 6.92 Å². The van der Waals surface area contributed by atoms with Crippen LogP contribution in [0.5, 0.6) is 0 Å². The highest BCUT2D eigenvalue weighted by atomic mass is 35.5. The van der Waals surface area contributed by atoms with E-state index in [4.69, 9.17) is 16.0 Å². The van der Waals surface area contributed by atoms with Crippen molar-refractivity contribution < 1.29 is 9.21 Å². The van der Waals surface area contributed by atoms with Crippen molar-refractivity contribution in [1.82, 2.24) is 9.97 Å². The molecular weight excluding hydrogens is 242 g/mol. The predicted molar refractivity (Wildman–Crippen MR) is 63.8 cm³/mol. The first kappa shape index (κ1) is 11.6. The number of hydrogen-bond donors (Lipinski definition) is 1. The van der Waals surface area contributed by atoms with E-state index in [1.54, 1.807) is 12.1 Å². The highest BCUT2D eigenvalue weighted by molar-refractivity contribution is 6.29. The van der Waals surface area contributed by atoms with Crippen LogP contribution in [-0.4, -0.2) is 15.9 Å². The Hall–Kier alpha value is -1.88.